The number of rotatable bonds is 9. The third kappa shape index (κ3) is 6.20. The number of carbonyl (C=O) groups is 1. The Kier molecular flexibility index (Phi) is 8.89. The van der Waals surface area contributed by atoms with Gasteiger partial charge < -0.3 is 14.8 Å². The SMILES string of the molecule is CCc1cccc(NC(=NCCc2c(C)nn(CC)c2C)NC(=O)c2cccc(OC)c2OC)c1. The summed E-state index contributed by atoms with van der Waals surface area (Å²) in [6, 6.07) is 13.2. The van der Waals surface area contributed by atoms with Crippen molar-refractivity contribution >= 4 is 17.6 Å². The lowest BCUT2D eigenvalue weighted by molar-refractivity contribution is 0.0973. The van der Waals surface area contributed by atoms with E-state index < -0.39 is 0 Å². The van der Waals surface area contributed by atoms with Crippen LogP contribution >= 0.6 is 0 Å². The predicted molar refractivity (Wildman–Crippen MR) is 140 cm³/mol. The number of hydrogen-bond acceptors (Lipinski definition) is 5. The summed E-state index contributed by atoms with van der Waals surface area (Å²) in [5.41, 5.74) is 5.74. The zero-order valence-electron chi connectivity index (χ0n) is 21.4. The van der Waals surface area contributed by atoms with Crippen molar-refractivity contribution in [2.45, 2.75) is 47.1 Å². The molecule has 0 aliphatic rings. The second-order valence-electron chi connectivity index (χ2n) is 8.12. The standard InChI is InChI=1S/C27H35N5O3/c1-7-20-11-9-12-21(17-20)29-27(28-16-15-22-18(3)31-32(8-2)19(22)4)30-26(33)23-13-10-14-24(34-5)25(23)35-6/h9-14,17H,7-8,15-16H2,1-6H3,(H2,28,29,30,33). The van der Waals surface area contributed by atoms with Gasteiger partial charge in [0, 0.05) is 24.5 Å². The van der Waals surface area contributed by atoms with Crippen molar-refractivity contribution in [3.63, 3.8) is 0 Å². The van der Waals surface area contributed by atoms with Crippen LogP contribution < -0.4 is 20.1 Å². The van der Waals surface area contributed by atoms with Crippen LogP contribution in [0.25, 0.3) is 0 Å². The van der Waals surface area contributed by atoms with E-state index in [9.17, 15) is 4.79 Å². The topological polar surface area (TPSA) is 89.8 Å². The molecule has 8 heteroatoms. The number of ether oxygens (including phenoxy) is 2. The van der Waals surface area contributed by atoms with Crippen LogP contribution in [0, 0.1) is 13.8 Å². The van der Waals surface area contributed by atoms with E-state index in [1.54, 1.807) is 25.3 Å². The Morgan fingerprint density at radius 2 is 1.86 bits per heavy atom. The van der Waals surface area contributed by atoms with E-state index in [2.05, 4.69) is 42.6 Å². The molecule has 2 N–H and O–H groups in total. The number of methoxy groups -OCH3 is 2. The van der Waals surface area contributed by atoms with Crippen LogP contribution in [0.4, 0.5) is 5.69 Å². The Bertz CT molecular complexity index is 1200. The lowest BCUT2D eigenvalue weighted by Gasteiger charge is -2.15. The van der Waals surface area contributed by atoms with Crippen molar-refractivity contribution in [2.24, 2.45) is 4.99 Å². The Balaban J connectivity index is 1.86. The van der Waals surface area contributed by atoms with Gasteiger partial charge >= 0.3 is 0 Å². The number of para-hydroxylation sites is 1. The molecule has 0 aliphatic heterocycles. The minimum absolute atomic E-state index is 0.343. The molecule has 1 aromatic heterocycles. The summed E-state index contributed by atoms with van der Waals surface area (Å²) < 4.78 is 12.8. The van der Waals surface area contributed by atoms with E-state index in [-0.39, 0.29) is 5.91 Å². The molecule has 1 amide bonds. The molecule has 0 spiro atoms. The first-order valence-electron chi connectivity index (χ1n) is 11.9. The van der Waals surface area contributed by atoms with Gasteiger partial charge in [-0.15, -0.1) is 0 Å². The summed E-state index contributed by atoms with van der Waals surface area (Å²) >= 11 is 0. The Labute approximate surface area is 207 Å². The van der Waals surface area contributed by atoms with E-state index in [0.29, 0.717) is 29.6 Å². The molecule has 0 saturated carbocycles. The number of aryl methyl sites for hydroxylation is 3. The van der Waals surface area contributed by atoms with Crippen molar-refractivity contribution in [1.82, 2.24) is 15.1 Å². The molecule has 0 fully saturated rings. The second kappa shape index (κ2) is 12.1. The average Bonchev–Trinajstić information content (AvgIpc) is 3.15. The molecule has 0 radical (unpaired) electrons. The molecule has 0 unspecified atom stereocenters. The highest BCUT2D eigenvalue weighted by atomic mass is 16.5. The zero-order chi connectivity index (χ0) is 25.4. The molecule has 35 heavy (non-hydrogen) atoms. The van der Waals surface area contributed by atoms with Crippen molar-refractivity contribution in [1.29, 1.82) is 0 Å². The second-order valence-corrected chi connectivity index (χ2v) is 8.12. The molecule has 2 aromatic carbocycles. The first kappa shape index (κ1) is 25.8. The number of aliphatic imine (C=N–C) groups is 1. The highest BCUT2D eigenvalue weighted by Crippen LogP contribution is 2.30. The van der Waals surface area contributed by atoms with Crippen molar-refractivity contribution in [3.05, 3.63) is 70.5 Å². The lowest BCUT2D eigenvalue weighted by atomic mass is 10.1. The largest absolute Gasteiger partial charge is 0.493 e. The Morgan fingerprint density at radius 3 is 2.51 bits per heavy atom. The highest BCUT2D eigenvalue weighted by molar-refractivity contribution is 6.11. The summed E-state index contributed by atoms with van der Waals surface area (Å²) in [7, 11) is 3.05. The van der Waals surface area contributed by atoms with E-state index in [0.717, 1.165) is 36.5 Å². The normalized spacial score (nSPS) is 11.3. The van der Waals surface area contributed by atoms with E-state index >= 15 is 0 Å². The number of aromatic nitrogens is 2. The highest BCUT2D eigenvalue weighted by Gasteiger charge is 2.18. The zero-order valence-corrected chi connectivity index (χ0v) is 21.4. The van der Waals surface area contributed by atoms with Crippen LogP contribution in [-0.4, -0.2) is 42.4 Å². The van der Waals surface area contributed by atoms with Gasteiger partial charge in [0.1, 0.15) is 0 Å². The molecular formula is C27H35N5O3. The molecule has 1 heterocycles. The van der Waals surface area contributed by atoms with Crippen LogP contribution in [0.5, 0.6) is 11.5 Å². The van der Waals surface area contributed by atoms with Gasteiger partial charge in [0.25, 0.3) is 5.91 Å². The molecule has 3 aromatic rings. The first-order chi connectivity index (χ1) is 16.9. The smallest absolute Gasteiger partial charge is 0.261 e. The van der Waals surface area contributed by atoms with Crippen molar-refractivity contribution in [3.8, 4) is 11.5 Å². The van der Waals surface area contributed by atoms with Gasteiger partial charge in [-0.05, 0) is 69.0 Å². The summed E-state index contributed by atoms with van der Waals surface area (Å²) in [5.74, 6) is 0.885. The predicted octanol–water partition coefficient (Wildman–Crippen LogP) is 4.54. The minimum atomic E-state index is -0.343. The third-order valence-corrected chi connectivity index (χ3v) is 5.94. The molecule has 3 rings (SSSR count). The number of guanidine groups is 1. The van der Waals surface area contributed by atoms with Crippen LogP contribution in [0.15, 0.2) is 47.5 Å². The molecule has 0 bridgehead atoms. The van der Waals surface area contributed by atoms with Gasteiger partial charge in [-0.25, -0.2) is 0 Å². The van der Waals surface area contributed by atoms with E-state index in [4.69, 9.17) is 14.5 Å². The fraction of sp³-hybridized carbons (Fsp3) is 0.370. The van der Waals surface area contributed by atoms with Gasteiger partial charge in [0.15, 0.2) is 11.5 Å². The number of nitrogens with zero attached hydrogens (tertiary/aromatic N) is 3. The molecule has 0 atom stereocenters. The van der Waals surface area contributed by atoms with Gasteiger partial charge in [-0.1, -0.05) is 25.1 Å². The van der Waals surface area contributed by atoms with Crippen LogP contribution in [-0.2, 0) is 19.4 Å². The maximum atomic E-state index is 13.2. The van der Waals surface area contributed by atoms with Crippen molar-refractivity contribution in [2.75, 3.05) is 26.1 Å². The summed E-state index contributed by atoms with van der Waals surface area (Å²) in [5, 5.41) is 10.8. The number of nitrogens with one attached hydrogen (secondary N) is 2. The molecular weight excluding hydrogens is 442 g/mol. The van der Waals surface area contributed by atoms with E-state index in [1.807, 2.05) is 29.8 Å². The number of carbonyl (C=O) groups excluding carboxylic acids is 1. The molecule has 0 saturated heterocycles. The molecule has 8 nitrogen and oxygen atoms in total. The quantitative estimate of drug-likeness (QED) is 0.349. The molecule has 0 aliphatic carbocycles. The fourth-order valence-electron chi connectivity index (χ4n) is 4.04. The number of benzene rings is 2. The van der Waals surface area contributed by atoms with Crippen LogP contribution in [0.2, 0.25) is 0 Å². The number of amides is 1. The minimum Gasteiger partial charge on any atom is -0.493 e. The fourth-order valence-corrected chi connectivity index (χ4v) is 4.04. The van der Waals surface area contributed by atoms with Gasteiger partial charge in [0.05, 0.1) is 25.5 Å². The summed E-state index contributed by atoms with van der Waals surface area (Å²) in [6.45, 7) is 9.60. The van der Waals surface area contributed by atoms with Crippen LogP contribution in [0.3, 0.4) is 0 Å². The van der Waals surface area contributed by atoms with Gasteiger partial charge in [-0.2, -0.15) is 5.10 Å². The summed E-state index contributed by atoms with van der Waals surface area (Å²) in [4.78, 5) is 17.9. The maximum absolute atomic E-state index is 13.2. The first-order valence-corrected chi connectivity index (χ1v) is 11.9. The van der Waals surface area contributed by atoms with Gasteiger partial charge in [0.2, 0.25) is 5.96 Å². The Morgan fingerprint density at radius 1 is 1.09 bits per heavy atom. The molecule has 186 valence electrons. The van der Waals surface area contributed by atoms with E-state index in [1.165, 1.54) is 18.2 Å². The number of anilines is 1. The maximum Gasteiger partial charge on any atom is 0.261 e. The lowest BCUT2D eigenvalue weighted by Crippen LogP contribution is -2.36. The monoisotopic (exact) mass is 477 g/mol. The third-order valence-electron chi connectivity index (χ3n) is 5.94. The van der Waals surface area contributed by atoms with Crippen LogP contribution in [0.1, 0.15) is 46.7 Å². The number of hydrogen-bond donors (Lipinski definition) is 2. The summed E-state index contributed by atoms with van der Waals surface area (Å²) in [6.07, 6.45) is 1.63. The van der Waals surface area contributed by atoms with Crippen molar-refractivity contribution < 1.29 is 14.3 Å². The Hall–Kier alpha value is -3.81. The average molecular weight is 478 g/mol. The van der Waals surface area contributed by atoms with Gasteiger partial charge in [-0.3, -0.25) is 19.8 Å².